The maximum absolute atomic E-state index is 12.6. The van der Waals surface area contributed by atoms with Crippen LogP contribution in [0.4, 0.5) is 11.4 Å². The second-order valence-corrected chi connectivity index (χ2v) is 8.84. The van der Waals surface area contributed by atoms with E-state index < -0.39 is 4.92 Å². The highest BCUT2D eigenvalue weighted by atomic mass is 32.2. The molecule has 2 aromatic carbocycles. The summed E-state index contributed by atoms with van der Waals surface area (Å²) in [6.45, 7) is 2.37. The first kappa shape index (κ1) is 21.7. The van der Waals surface area contributed by atoms with Gasteiger partial charge in [0.2, 0.25) is 5.91 Å². The number of aromatic nitrogens is 3. The molecular formula is C22H19N5O3S2. The Labute approximate surface area is 192 Å². The van der Waals surface area contributed by atoms with E-state index in [4.69, 9.17) is 0 Å². The number of nitro benzene ring substituents is 1. The fourth-order valence-corrected chi connectivity index (χ4v) is 4.52. The first-order chi connectivity index (χ1) is 15.5. The van der Waals surface area contributed by atoms with Gasteiger partial charge in [-0.3, -0.25) is 19.5 Å². The monoisotopic (exact) mass is 465 g/mol. The lowest BCUT2D eigenvalue weighted by atomic mass is 10.2. The minimum atomic E-state index is -0.484. The van der Waals surface area contributed by atoms with Gasteiger partial charge in [0, 0.05) is 12.1 Å². The molecule has 1 amide bonds. The summed E-state index contributed by atoms with van der Waals surface area (Å²) in [6, 6.07) is 18.3. The van der Waals surface area contributed by atoms with Crippen LogP contribution in [0.3, 0.4) is 0 Å². The number of thiophene rings is 1. The third-order valence-electron chi connectivity index (χ3n) is 4.68. The zero-order valence-corrected chi connectivity index (χ0v) is 18.7. The summed E-state index contributed by atoms with van der Waals surface area (Å²) in [4.78, 5) is 24.1. The molecule has 8 nitrogen and oxygen atoms in total. The van der Waals surface area contributed by atoms with E-state index in [9.17, 15) is 14.9 Å². The second kappa shape index (κ2) is 9.75. The van der Waals surface area contributed by atoms with E-state index in [1.165, 1.54) is 23.9 Å². The number of carbonyl (C=O) groups is 1. The summed E-state index contributed by atoms with van der Waals surface area (Å²) >= 11 is 2.85. The zero-order valence-electron chi connectivity index (χ0n) is 17.1. The van der Waals surface area contributed by atoms with Crippen molar-refractivity contribution in [2.45, 2.75) is 18.6 Å². The molecule has 0 aliphatic heterocycles. The Balaban J connectivity index is 1.51. The molecule has 162 valence electrons. The van der Waals surface area contributed by atoms with Gasteiger partial charge in [-0.2, -0.15) is 0 Å². The smallest absolute Gasteiger partial charge is 0.271 e. The highest BCUT2D eigenvalue weighted by Crippen LogP contribution is 2.28. The predicted molar refractivity (Wildman–Crippen MR) is 126 cm³/mol. The number of non-ortho nitro benzene ring substituents is 1. The first-order valence-corrected chi connectivity index (χ1v) is 11.6. The Hall–Kier alpha value is -3.50. The van der Waals surface area contributed by atoms with Crippen molar-refractivity contribution in [1.29, 1.82) is 0 Å². The fraction of sp³-hybridized carbons (Fsp3) is 0.136. The Morgan fingerprint density at radius 2 is 1.97 bits per heavy atom. The molecular weight excluding hydrogens is 446 g/mol. The van der Waals surface area contributed by atoms with Gasteiger partial charge in [0.1, 0.15) is 0 Å². The van der Waals surface area contributed by atoms with Crippen LogP contribution < -0.4 is 5.32 Å². The maximum Gasteiger partial charge on any atom is 0.271 e. The number of thioether (sulfide) groups is 1. The molecule has 0 spiro atoms. The summed E-state index contributed by atoms with van der Waals surface area (Å²) in [5, 5.41) is 25.1. The number of anilines is 1. The lowest BCUT2D eigenvalue weighted by molar-refractivity contribution is -0.384. The molecule has 4 aromatic rings. The molecule has 0 aliphatic rings. The summed E-state index contributed by atoms with van der Waals surface area (Å²) in [7, 11) is 0. The van der Waals surface area contributed by atoms with Crippen LogP contribution in [-0.2, 0) is 11.3 Å². The SMILES string of the molecule is Cc1ccc([N+](=O)[O-])cc1NC(=O)CSc1nnc(-c2cccs2)n1Cc1ccccc1. The third kappa shape index (κ3) is 5.04. The average molecular weight is 466 g/mol. The van der Waals surface area contributed by atoms with Crippen LogP contribution in [0.15, 0.2) is 71.2 Å². The summed E-state index contributed by atoms with van der Waals surface area (Å²) < 4.78 is 2.00. The fourth-order valence-electron chi connectivity index (χ4n) is 3.07. The highest BCUT2D eigenvalue weighted by Gasteiger charge is 2.17. The van der Waals surface area contributed by atoms with Gasteiger partial charge in [-0.25, -0.2) is 0 Å². The summed E-state index contributed by atoms with van der Waals surface area (Å²) in [6.07, 6.45) is 0. The number of nitrogens with zero attached hydrogens (tertiary/aromatic N) is 4. The molecule has 0 fully saturated rings. The van der Waals surface area contributed by atoms with Crippen molar-refractivity contribution < 1.29 is 9.72 Å². The standard InChI is InChI=1S/C22H19N5O3S2/c1-15-9-10-17(27(29)30)12-18(15)23-20(28)14-32-22-25-24-21(19-8-5-11-31-19)26(22)13-16-6-3-2-4-7-16/h2-12H,13-14H2,1H3,(H,23,28). The van der Waals surface area contributed by atoms with E-state index in [2.05, 4.69) is 15.5 Å². The van der Waals surface area contributed by atoms with Gasteiger partial charge in [0.25, 0.3) is 5.69 Å². The van der Waals surface area contributed by atoms with Crippen LogP contribution in [0.5, 0.6) is 0 Å². The molecule has 0 bridgehead atoms. The summed E-state index contributed by atoms with van der Waals surface area (Å²) in [5.41, 5.74) is 2.21. The lowest BCUT2D eigenvalue weighted by Gasteiger charge is -2.10. The molecule has 1 N–H and O–H groups in total. The van der Waals surface area contributed by atoms with E-state index in [0.717, 1.165) is 21.8 Å². The maximum atomic E-state index is 12.6. The molecule has 32 heavy (non-hydrogen) atoms. The number of rotatable bonds is 8. The number of carbonyl (C=O) groups excluding carboxylic acids is 1. The Kier molecular flexibility index (Phi) is 6.62. The van der Waals surface area contributed by atoms with Crippen molar-refractivity contribution in [3.63, 3.8) is 0 Å². The minimum Gasteiger partial charge on any atom is -0.325 e. The Bertz CT molecular complexity index is 1240. The van der Waals surface area contributed by atoms with E-state index >= 15 is 0 Å². The largest absolute Gasteiger partial charge is 0.325 e. The van der Waals surface area contributed by atoms with Gasteiger partial charge in [-0.1, -0.05) is 54.2 Å². The van der Waals surface area contributed by atoms with Gasteiger partial charge >= 0.3 is 0 Å². The molecule has 0 radical (unpaired) electrons. The van der Waals surface area contributed by atoms with Crippen LogP contribution in [0, 0.1) is 17.0 Å². The summed E-state index contributed by atoms with van der Waals surface area (Å²) in [5.74, 6) is 0.575. The molecule has 0 unspecified atom stereocenters. The number of hydrogen-bond acceptors (Lipinski definition) is 7. The second-order valence-electron chi connectivity index (χ2n) is 6.95. The van der Waals surface area contributed by atoms with Crippen LogP contribution in [-0.4, -0.2) is 31.3 Å². The minimum absolute atomic E-state index is 0.0678. The van der Waals surface area contributed by atoms with Gasteiger partial charge in [0.15, 0.2) is 11.0 Å². The molecule has 0 aliphatic carbocycles. The van der Waals surface area contributed by atoms with Crippen LogP contribution in [0.1, 0.15) is 11.1 Å². The Morgan fingerprint density at radius 3 is 2.69 bits per heavy atom. The van der Waals surface area contributed by atoms with Crippen molar-refractivity contribution in [3.05, 3.63) is 87.3 Å². The molecule has 2 aromatic heterocycles. The van der Waals surface area contributed by atoms with Gasteiger partial charge in [-0.05, 0) is 29.5 Å². The molecule has 2 heterocycles. The van der Waals surface area contributed by atoms with Gasteiger partial charge in [0.05, 0.1) is 27.8 Å². The van der Waals surface area contributed by atoms with Crippen molar-refractivity contribution >= 4 is 40.4 Å². The topological polar surface area (TPSA) is 103 Å². The van der Waals surface area contributed by atoms with E-state index in [-0.39, 0.29) is 17.3 Å². The highest BCUT2D eigenvalue weighted by molar-refractivity contribution is 7.99. The number of amides is 1. The number of aryl methyl sites for hydroxylation is 1. The third-order valence-corrected chi connectivity index (χ3v) is 6.51. The van der Waals surface area contributed by atoms with Crippen LogP contribution in [0.2, 0.25) is 0 Å². The molecule has 0 atom stereocenters. The van der Waals surface area contributed by atoms with Crippen molar-refractivity contribution in [2.75, 3.05) is 11.1 Å². The zero-order chi connectivity index (χ0) is 22.5. The van der Waals surface area contributed by atoms with Crippen LogP contribution in [0.25, 0.3) is 10.7 Å². The molecule has 10 heteroatoms. The van der Waals surface area contributed by atoms with Crippen molar-refractivity contribution in [1.82, 2.24) is 14.8 Å². The van der Waals surface area contributed by atoms with E-state index in [1.807, 2.05) is 52.4 Å². The van der Waals surface area contributed by atoms with Gasteiger partial charge < -0.3 is 5.32 Å². The average Bonchev–Trinajstić information content (AvgIpc) is 3.44. The van der Waals surface area contributed by atoms with Crippen LogP contribution >= 0.6 is 23.1 Å². The first-order valence-electron chi connectivity index (χ1n) is 9.70. The Morgan fingerprint density at radius 1 is 1.16 bits per heavy atom. The molecule has 0 saturated carbocycles. The van der Waals surface area contributed by atoms with Crippen molar-refractivity contribution in [3.8, 4) is 10.7 Å². The van der Waals surface area contributed by atoms with E-state index in [0.29, 0.717) is 17.4 Å². The quantitative estimate of drug-likeness (QED) is 0.223. The normalized spacial score (nSPS) is 10.8. The van der Waals surface area contributed by atoms with E-state index in [1.54, 1.807) is 24.3 Å². The number of nitro groups is 1. The molecule has 4 rings (SSSR count). The number of nitrogens with one attached hydrogen (secondary N) is 1. The molecule has 0 saturated heterocycles. The van der Waals surface area contributed by atoms with Crippen molar-refractivity contribution in [2.24, 2.45) is 0 Å². The lowest BCUT2D eigenvalue weighted by Crippen LogP contribution is -2.15. The predicted octanol–water partition coefficient (Wildman–Crippen LogP) is 5.00. The number of hydrogen-bond donors (Lipinski definition) is 1. The van der Waals surface area contributed by atoms with Gasteiger partial charge in [-0.15, -0.1) is 21.5 Å². The number of benzene rings is 2.